The minimum atomic E-state index is -0.989. The first-order chi connectivity index (χ1) is 9.40. The van der Waals surface area contributed by atoms with Crippen molar-refractivity contribution in [2.75, 3.05) is 0 Å². The van der Waals surface area contributed by atoms with Crippen molar-refractivity contribution in [2.45, 2.75) is 34.1 Å². The Bertz CT molecular complexity index is 641. The average Bonchev–Trinajstić information content (AvgIpc) is 2.71. The van der Waals surface area contributed by atoms with Gasteiger partial charge in [0.15, 0.2) is 5.76 Å². The Kier molecular flexibility index (Phi) is 3.93. The monoisotopic (exact) mass is 273 g/mol. The largest absolute Gasteiger partial charge is 0.477 e. The Morgan fingerprint density at radius 3 is 2.60 bits per heavy atom. The molecule has 106 valence electrons. The zero-order chi connectivity index (χ0) is 14.9. The molecule has 2 rings (SSSR count). The summed E-state index contributed by atoms with van der Waals surface area (Å²) in [5.74, 6) is -0.229. The summed E-state index contributed by atoms with van der Waals surface area (Å²) in [4.78, 5) is 11.5. The van der Waals surface area contributed by atoms with E-state index in [0.717, 1.165) is 16.7 Å². The summed E-state index contributed by atoms with van der Waals surface area (Å²) in [7, 11) is 0. The molecule has 1 aromatic carbocycles. The lowest BCUT2D eigenvalue weighted by atomic mass is 9.97. The van der Waals surface area contributed by atoms with Crippen molar-refractivity contribution in [2.24, 2.45) is 5.92 Å². The van der Waals surface area contributed by atoms with Crippen LogP contribution in [0, 0.1) is 19.8 Å². The van der Waals surface area contributed by atoms with Gasteiger partial charge in [-0.2, -0.15) is 0 Å². The quantitative estimate of drug-likeness (QED) is 0.918. The molecular weight excluding hydrogens is 254 g/mol. The highest BCUT2D eigenvalue weighted by atomic mass is 16.5. The molecule has 0 amide bonds. The molecule has 0 aliphatic rings. The highest BCUT2D eigenvalue weighted by Gasteiger charge is 2.24. The number of carbonyl (C=O) groups is 1. The van der Waals surface area contributed by atoms with Gasteiger partial charge < -0.3 is 9.63 Å². The normalized spacial score (nSPS) is 11.1. The summed E-state index contributed by atoms with van der Waals surface area (Å²) < 4.78 is 5.28. The number of carboxylic acids is 1. The lowest BCUT2D eigenvalue weighted by Crippen LogP contribution is -2.04. The van der Waals surface area contributed by atoms with Gasteiger partial charge in [0, 0.05) is 12.0 Å². The van der Waals surface area contributed by atoms with Gasteiger partial charge in [-0.3, -0.25) is 0 Å². The standard InChI is InChI=1S/C16H19NO3/c1-9(2)7-13-14(16(18)19)15(17-20-13)12-6-5-10(3)8-11(12)4/h5-6,8-9H,7H2,1-4H3,(H,18,19). The average molecular weight is 273 g/mol. The molecule has 0 atom stereocenters. The number of nitrogens with zero attached hydrogens (tertiary/aromatic N) is 1. The molecule has 1 heterocycles. The summed E-state index contributed by atoms with van der Waals surface area (Å²) in [5.41, 5.74) is 3.55. The third-order valence-electron chi connectivity index (χ3n) is 3.21. The second kappa shape index (κ2) is 5.49. The van der Waals surface area contributed by atoms with Crippen LogP contribution in [-0.4, -0.2) is 16.2 Å². The molecule has 1 aromatic heterocycles. The van der Waals surface area contributed by atoms with Crippen molar-refractivity contribution >= 4 is 5.97 Å². The van der Waals surface area contributed by atoms with Gasteiger partial charge in [-0.1, -0.05) is 42.8 Å². The SMILES string of the molecule is Cc1ccc(-c2noc(CC(C)C)c2C(=O)O)c(C)c1. The van der Waals surface area contributed by atoms with Crippen LogP contribution in [0.15, 0.2) is 22.7 Å². The number of hydrogen-bond acceptors (Lipinski definition) is 3. The first-order valence-corrected chi connectivity index (χ1v) is 6.69. The Balaban J connectivity index is 2.56. The Hall–Kier alpha value is -2.10. The molecule has 0 aliphatic heterocycles. The second-order valence-electron chi connectivity index (χ2n) is 5.55. The molecule has 4 heteroatoms. The molecule has 2 aromatic rings. The van der Waals surface area contributed by atoms with E-state index in [2.05, 4.69) is 5.16 Å². The third-order valence-corrected chi connectivity index (χ3v) is 3.21. The highest BCUT2D eigenvalue weighted by molar-refractivity contribution is 5.96. The fourth-order valence-corrected chi connectivity index (χ4v) is 2.32. The van der Waals surface area contributed by atoms with E-state index >= 15 is 0 Å². The minimum Gasteiger partial charge on any atom is -0.477 e. The van der Waals surface area contributed by atoms with Crippen LogP contribution in [0.25, 0.3) is 11.3 Å². The van der Waals surface area contributed by atoms with Crippen molar-refractivity contribution in [1.82, 2.24) is 5.16 Å². The van der Waals surface area contributed by atoms with E-state index in [1.54, 1.807) is 0 Å². The van der Waals surface area contributed by atoms with E-state index in [0.29, 0.717) is 23.8 Å². The Morgan fingerprint density at radius 1 is 1.35 bits per heavy atom. The van der Waals surface area contributed by atoms with Crippen molar-refractivity contribution in [1.29, 1.82) is 0 Å². The van der Waals surface area contributed by atoms with Crippen LogP contribution in [0.5, 0.6) is 0 Å². The maximum atomic E-state index is 11.5. The fraction of sp³-hybridized carbons (Fsp3) is 0.375. The molecular formula is C16H19NO3. The number of carboxylic acid groups (broad SMARTS) is 1. The second-order valence-corrected chi connectivity index (χ2v) is 5.55. The van der Waals surface area contributed by atoms with Gasteiger partial charge >= 0.3 is 5.97 Å². The minimum absolute atomic E-state index is 0.186. The van der Waals surface area contributed by atoms with E-state index in [4.69, 9.17) is 4.52 Å². The predicted octanol–water partition coefficient (Wildman–Crippen LogP) is 3.86. The van der Waals surface area contributed by atoms with Gasteiger partial charge in [-0.15, -0.1) is 0 Å². The van der Waals surface area contributed by atoms with Crippen LogP contribution in [0.1, 0.15) is 41.1 Å². The van der Waals surface area contributed by atoms with Crippen LogP contribution in [0.3, 0.4) is 0 Å². The summed E-state index contributed by atoms with van der Waals surface area (Å²) in [6.07, 6.45) is 0.569. The van der Waals surface area contributed by atoms with E-state index in [9.17, 15) is 9.90 Å². The number of aromatic nitrogens is 1. The summed E-state index contributed by atoms with van der Waals surface area (Å²) in [6, 6.07) is 5.86. The van der Waals surface area contributed by atoms with Crippen LogP contribution in [-0.2, 0) is 6.42 Å². The number of hydrogen-bond donors (Lipinski definition) is 1. The van der Waals surface area contributed by atoms with Gasteiger partial charge in [0.2, 0.25) is 0 Å². The van der Waals surface area contributed by atoms with Crippen molar-refractivity contribution in [3.05, 3.63) is 40.6 Å². The maximum Gasteiger partial charge on any atom is 0.341 e. The molecule has 0 saturated carbocycles. The predicted molar refractivity (Wildman–Crippen MR) is 76.9 cm³/mol. The van der Waals surface area contributed by atoms with Gasteiger partial charge in [0.1, 0.15) is 11.3 Å². The number of aromatic carboxylic acids is 1. The van der Waals surface area contributed by atoms with Crippen LogP contribution in [0.2, 0.25) is 0 Å². The van der Waals surface area contributed by atoms with Gasteiger partial charge in [-0.25, -0.2) is 4.79 Å². The fourth-order valence-electron chi connectivity index (χ4n) is 2.32. The molecule has 0 unspecified atom stereocenters. The van der Waals surface area contributed by atoms with Crippen molar-refractivity contribution < 1.29 is 14.4 Å². The zero-order valence-electron chi connectivity index (χ0n) is 12.2. The molecule has 0 aliphatic carbocycles. The first kappa shape index (κ1) is 14.3. The number of rotatable bonds is 4. The lowest BCUT2D eigenvalue weighted by molar-refractivity contribution is 0.0695. The summed E-state index contributed by atoms with van der Waals surface area (Å²) in [5, 5.41) is 13.5. The van der Waals surface area contributed by atoms with Gasteiger partial charge in [-0.05, 0) is 25.3 Å². The van der Waals surface area contributed by atoms with E-state index in [-0.39, 0.29) is 5.56 Å². The highest BCUT2D eigenvalue weighted by Crippen LogP contribution is 2.29. The van der Waals surface area contributed by atoms with Crippen LogP contribution >= 0.6 is 0 Å². The lowest BCUT2D eigenvalue weighted by Gasteiger charge is -2.05. The Morgan fingerprint density at radius 2 is 2.05 bits per heavy atom. The van der Waals surface area contributed by atoms with Crippen LogP contribution < -0.4 is 0 Å². The van der Waals surface area contributed by atoms with Crippen molar-refractivity contribution in [3.63, 3.8) is 0 Å². The molecule has 0 radical (unpaired) electrons. The third kappa shape index (κ3) is 2.74. The molecule has 4 nitrogen and oxygen atoms in total. The smallest absolute Gasteiger partial charge is 0.341 e. The first-order valence-electron chi connectivity index (χ1n) is 6.69. The maximum absolute atomic E-state index is 11.5. The number of aryl methyl sites for hydroxylation is 2. The topological polar surface area (TPSA) is 63.3 Å². The Labute approximate surface area is 118 Å². The van der Waals surface area contributed by atoms with E-state index in [1.807, 2.05) is 45.9 Å². The molecule has 0 bridgehead atoms. The van der Waals surface area contributed by atoms with E-state index < -0.39 is 5.97 Å². The number of benzene rings is 1. The van der Waals surface area contributed by atoms with Gasteiger partial charge in [0.05, 0.1) is 0 Å². The zero-order valence-corrected chi connectivity index (χ0v) is 12.2. The molecule has 0 spiro atoms. The summed E-state index contributed by atoms with van der Waals surface area (Å²) in [6.45, 7) is 7.99. The summed E-state index contributed by atoms with van der Waals surface area (Å²) >= 11 is 0. The van der Waals surface area contributed by atoms with Crippen LogP contribution in [0.4, 0.5) is 0 Å². The van der Waals surface area contributed by atoms with Gasteiger partial charge in [0.25, 0.3) is 0 Å². The molecule has 0 fully saturated rings. The van der Waals surface area contributed by atoms with E-state index in [1.165, 1.54) is 0 Å². The molecule has 0 saturated heterocycles. The van der Waals surface area contributed by atoms with Crippen molar-refractivity contribution in [3.8, 4) is 11.3 Å². The molecule has 1 N–H and O–H groups in total. The molecule has 20 heavy (non-hydrogen) atoms.